The van der Waals surface area contributed by atoms with Crippen LogP contribution in [0.3, 0.4) is 0 Å². The summed E-state index contributed by atoms with van der Waals surface area (Å²) >= 11 is 6.03. The third kappa shape index (κ3) is 1.94. The van der Waals surface area contributed by atoms with Crippen LogP contribution in [0, 0.1) is 12.7 Å². The summed E-state index contributed by atoms with van der Waals surface area (Å²) in [5.41, 5.74) is 4.12. The predicted octanol–water partition coefficient (Wildman–Crippen LogP) is 2.42. The number of hydrogen-bond acceptors (Lipinski definition) is 1. The SMILES string of the molecule is Cc1ccc(Cl)cc1B1OCc2cc(F)ccc21. The highest BCUT2D eigenvalue weighted by atomic mass is 35.5. The molecule has 0 saturated carbocycles. The van der Waals surface area contributed by atoms with Crippen molar-refractivity contribution in [2.75, 3.05) is 0 Å². The first-order valence-electron chi connectivity index (χ1n) is 5.81. The first kappa shape index (κ1) is 11.8. The zero-order valence-corrected chi connectivity index (χ0v) is 10.7. The maximum atomic E-state index is 13.2. The molecule has 1 heterocycles. The molecule has 90 valence electrons. The standard InChI is InChI=1S/C14H11BClFO/c1-9-2-3-11(16)7-14(9)15-13-5-4-12(17)6-10(13)8-18-15/h2-7H,8H2,1H3. The average molecular weight is 261 g/mol. The van der Waals surface area contributed by atoms with Crippen LogP contribution in [-0.2, 0) is 11.3 Å². The Morgan fingerprint density at radius 3 is 2.83 bits per heavy atom. The minimum Gasteiger partial charge on any atom is -0.423 e. The highest BCUT2D eigenvalue weighted by Gasteiger charge is 2.31. The van der Waals surface area contributed by atoms with E-state index in [2.05, 4.69) is 0 Å². The zero-order chi connectivity index (χ0) is 12.7. The van der Waals surface area contributed by atoms with Gasteiger partial charge >= 0.3 is 6.92 Å². The summed E-state index contributed by atoms with van der Waals surface area (Å²) in [7, 11) is 0. The molecule has 1 nitrogen and oxygen atoms in total. The predicted molar refractivity (Wildman–Crippen MR) is 72.4 cm³/mol. The van der Waals surface area contributed by atoms with Gasteiger partial charge in [0.05, 0.1) is 6.61 Å². The fourth-order valence-corrected chi connectivity index (χ4v) is 2.55. The molecule has 1 aliphatic rings. The molecule has 0 spiro atoms. The Bertz CT molecular complexity index is 615. The summed E-state index contributed by atoms with van der Waals surface area (Å²) in [5, 5.41) is 0.690. The molecule has 0 radical (unpaired) electrons. The number of halogens is 2. The summed E-state index contributed by atoms with van der Waals surface area (Å²) in [4.78, 5) is 0. The monoisotopic (exact) mass is 260 g/mol. The van der Waals surface area contributed by atoms with E-state index in [0.29, 0.717) is 11.6 Å². The molecule has 1 aliphatic heterocycles. The fraction of sp³-hybridized carbons (Fsp3) is 0.143. The van der Waals surface area contributed by atoms with Gasteiger partial charge in [0.15, 0.2) is 0 Å². The van der Waals surface area contributed by atoms with Gasteiger partial charge in [0.1, 0.15) is 5.82 Å². The lowest BCUT2D eigenvalue weighted by Crippen LogP contribution is -2.42. The molecule has 0 bridgehead atoms. The van der Waals surface area contributed by atoms with Crippen LogP contribution in [0.4, 0.5) is 4.39 Å². The summed E-state index contributed by atoms with van der Waals surface area (Å²) in [6.45, 7) is 2.33. The Hall–Kier alpha value is -1.32. The molecule has 0 aromatic heterocycles. The normalized spacial score (nSPS) is 13.8. The molecule has 0 N–H and O–H groups in total. The van der Waals surface area contributed by atoms with E-state index >= 15 is 0 Å². The molecular formula is C14H11BClFO. The molecule has 3 rings (SSSR count). The van der Waals surface area contributed by atoms with Crippen molar-refractivity contribution in [1.82, 2.24) is 0 Å². The quantitative estimate of drug-likeness (QED) is 0.716. The molecule has 0 atom stereocenters. The van der Waals surface area contributed by atoms with Gasteiger partial charge in [-0.25, -0.2) is 4.39 Å². The van der Waals surface area contributed by atoms with Crippen LogP contribution in [0.15, 0.2) is 36.4 Å². The van der Waals surface area contributed by atoms with E-state index in [1.54, 1.807) is 6.07 Å². The van der Waals surface area contributed by atoms with Crippen molar-refractivity contribution in [2.45, 2.75) is 13.5 Å². The molecule has 18 heavy (non-hydrogen) atoms. The van der Waals surface area contributed by atoms with Gasteiger partial charge in [-0.3, -0.25) is 0 Å². The molecule has 0 amide bonds. The van der Waals surface area contributed by atoms with Crippen molar-refractivity contribution in [3.63, 3.8) is 0 Å². The number of fused-ring (bicyclic) bond motifs is 1. The summed E-state index contributed by atoms with van der Waals surface area (Å²) in [6.07, 6.45) is 0. The smallest absolute Gasteiger partial charge is 0.362 e. The Labute approximate surface area is 111 Å². The maximum Gasteiger partial charge on any atom is 0.362 e. The van der Waals surface area contributed by atoms with Crippen LogP contribution in [0.1, 0.15) is 11.1 Å². The molecular weight excluding hydrogens is 249 g/mol. The second kappa shape index (κ2) is 4.41. The molecule has 2 aromatic rings. The Balaban J connectivity index is 2.08. The van der Waals surface area contributed by atoms with Crippen LogP contribution in [0.2, 0.25) is 5.02 Å². The highest BCUT2D eigenvalue weighted by molar-refractivity contribution is 6.81. The van der Waals surface area contributed by atoms with Crippen LogP contribution < -0.4 is 10.9 Å². The van der Waals surface area contributed by atoms with Crippen molar-refractivity contribution in [3.8, 4) is 0 Å². The second-order valence-corrected chi connectivity index (χ2v) is 4.97. The van der Waals surface area contributed by atoms with Crippen molar-refractivity contribution >= 4 is 29.4 Å². The highest BCUT2D eigenvalue weighted by Crippen LogP contribution is 2.15. The molecule has 2 aromatic carbocycles. The van der Waals surface area contributed by atoms with E-state index in [0.717, 1.165) is 22.1 Å². The van der Waals surface area contributed by atoms with Gasteiger partial charge in [-0.15, -0.1) is 0 Å². The Morgan fingerprint density at radius 1 is 1.17 bits per heavy atom. The van der Waals surface area contributed by atoms with E-state index in [1.807, 2.05) is 25.1 Å². The lowest BCUT2D eigenvalue weighted by atomic mass is 9.54. The molecule has 4 heteroatoms. The van der Waals surface area contributed by atoms with Crippen molar-refractivity contribution in [1.29, 1.82) is 0 Å². The molecule has 0 aliphatic carbocycles. The third-order valence-electron chi connectivity index (χ3n) is 3.32. The minimum absolute atomic E-state index is 0.140. The van der Waals surface area contributed by atoms with Crippen molar-refractivity contribution in [3.05, 3.63) is 58.4 Å². The number of rotatable bonds is 1. The number of benzene rings is 2. The van der Waals surface area contributed by atoms with Crippen LogP contribution in [-0.4, -0.2) is 6.92 Å². The van der Waals surface area contributed by atoms with Gasteiger partial charge in [0.25, 0.3) is 0 Å². The lowest BCUT2D eigenvalue weighted by Gasteiger charge is -2.11. The molecule has 0 unspecified atom stereocenters. The first-order valence-corrected chi connectivity index (χ1v) is 6.19. The van der Waals surface area contributed by atoms with Gasteiger partial charge in [-0.2, -0.15) is 0 Å². The number of aryl methyl sites for hydroxylation is 1. The van der Waals surface area contributed by atoms with Crippen LogP contribution >= 0.6 is 11.6 Å². The fourth-order valence-electron chi connectivity index (χ4n) is 2.37. The van der Waals surface area contributed by atoms with E-state index in [1.165, 1.54) is 12.1 Å². The topological polar surface area (TPSA) is 9.23 Å². The van der Waals surface area contributed by atoms with Crippen molar-refractivity contribution < 1.29 is 9.04 Å². The Morgan fingerprint density at radius 2 is 2.00 bits per heavy atom. The van der Waals surface area contributed by atoms with E-state index in [-0.39, 0.29) is 12.7 Å². The van der Waals surface area contributed by atoms with Gasteiger partial charge in [0, 0.05) is 5.02 Å². The maximum absolute atomic E-state index is 13.2. The first-order chi connectivity index (χ1) is 8.65. The lowest BCUT2D eigenvalue weighted by molar-refractivity contribution is 0.336. The average Bonchev–Trinajstić information content (AvgIpc) is 2.75. The summed E-state index contributed by atoms with van der Waals surface area (Å²) < 4.78 is 18.9. The van der Waals surface area contributed by atoms with E-state index in [4.69, 9.17) is 16.3 Å². The molecule has 0 fully saturated rings. The second-order valence-electron chi connectivity index (χ2n) is 4.54. The largest absolute Gasteiger partial charge is 0.423 e. The Kier molecular flexibility index (Phi) is 2.88. The van der Waals surface area contributed by atoms with Gasteiger partial charge in [0.2, 0.25) is 0 Å². The van der Waals surface area contributed by atoms with Gasteiger partial charge in [-0.05, 0) is 47.7 Å². The van der Waals surface area contributed by atoms with Crippen molar-refractivity contribution in [2.24, 2.45) is 0 Å². The van der Waals surface area contributed by atoms with Gasteiger partial charge < -0.3 is 4.65 Å². The van der Waals surface area contributed by atoms with Gasteiger partial charge in [-0.1, -0.05) is 29.3 Å². The number of hydrogen-bond donors (Lipinski definition) is 0. The van der Waals surface area contributed by atoms with E-state index < -0.39 is 0 Å². The minimum atomic E-state index is -0.221. The van der Waals surface area contributed by atoms with Crippen LogP contribution in [0.25, 0.3) is 0 Å². The zero-order valence-electron chi connectivity index (χ0n) is 9.91. The third-order valence-corrected chi connectivity index (χ3v) is 3.55. The summed E-state index contributed by atoms with van der Waals surface area (Å²) in [6, 6.07) is 10.6. The molecule has 0 saturated heterocycles. The van der Waals surface area contributed by atoms with E-state index in [9.17, 15) is 4.39 Å². The summed E-state index contributed by atoms with van der Waals surface area (Å²) in [5.74, 6) is -0.221. The van der Waals surface area contributed by atoms with Crippen LogP contribution in [0.5, 0.6) is 0 Å².